The molecule has 0 heterocycles. The highest BCUT2D eigenvalue weighted by Gasteiger charge is 2.28. The number of hydrogen-bond acceptors (Lipinski definition) is 3. The van der Waals surface area contributed by atoms with Crippen LogP contribution in [0.4, 0.5) is 0 Å². The molecule has 0 radical (unpaired) electrons. The Hall–Kier alpha value is -0.120. The van der Waals surface area contributed by atoms with Gasteiger partial charge in [0.2, 0.25) is 0 Å². The van der Waals surface area contributed by atoms with Crippen LogP contribution >= 0.6 is 0 Å². The Morgan fingerprint density at radius 3 is 2.15 bits per heavy atom. The Morgan fingerprint density at radius 2 is 1.85 bits per heavy atom. The third-order valence-electron chi connectivity index (χ3n) is 2.88. The van der Waals surface area contributed by atoms with Crippen LogP contribution in [0.1, 0.15) is 33.6 Å². The normalized spacial score (nSPS) is 18.7. The summed E-state index contributed by atoms with van der Waals surface area (Å²) in [6.07, 6.45) is 1.70. The van der Waals surface area contributed by atoms with Crippen molar-refractivity contribution in [3.05, 3.63) is 0 Å². The second-order valence-corrected chi connectivity index (χ2v) is 4.41. The summed E-state index contributed by atoms with van der Waals surface area (Å²) in [6.45, 7) is 7.05. The quantitative estimate of drug-likeness (QED) is 0.575. The maximum atomic E-state index is 8.77. The summed E-state index contributed by atoms with van der Waals surface area (Å²) in [4.78, 5) is 0. The van der Waals surface area contributed by atoms with Crippen LogP contribution in [0.2, 0.25) is 0 Å². The summed E-state index contributed by atoms with van der Waals surface area (Å²) in [5, 5.41) is 8.77. The molecule has 5 N–H and O–H groups in total. The molecule has 0 rings (SSSR count). The molecule has 0 spiro atoms. The van der Waals surface area contributed by atoms with Gasteiger partial charge in [0.05, 0.1) is 0 Å². The van der Waals surface area contributed by atoms with Crippen LogP contribution in [0.15, 0.2) is 0 Å². The van der Waals surface area contributed by atoms with Gasteiger partial charge in [0, 0.05) is 18.7 Å². The van der Waals surface area contributed by atoms with Crippen molar-refractivity contribution in [3.8, 4) is 0 Å². The van der Waals surface area contributed by atoms with E-state index in [4.69, 9.17) is 16.6 Å². The molecular formula is C10H24N2O. The predicted octanol–water partition coefficient (Wildman–Crippen LogP) is 0.707. The molecule has 0 bridgehead atoms. The molecule has 0 fully saturated rings. The molecule has 0 amide bonds. The third kappa shape index (κ3) is 4.07. The molecule has 0 aliphatic heterocycles. The van der Waals surface area contributed by atoms with Crippen LogP contribution in [-0.4, -0.2) is 23.8 Å². The first-order valence-corrected chi connectivity index (χ1v) is 5.06. The van der Waals surface area contributed by atoms with Crippen molar-refractivity contribution < 1.29 is 5.11 Å². The summed E-state index contributed by atoms with van der Waals surface area (Å²) < 4.78 is 0. The first kappa shape index (κ1) is 12.9. The SMILES string of the molecule is CC(C)[C@](N)(CN)C[C@@H](C)CCO. The highest BCUT2D eigenvalue weighted by molar-refractivity contribution is 4.89. The fourth-order valence-electron chi connectivity index (χ4n) is 1.53. The zero-order valence-electron chi connectivity index (χ0n) is 9.09. The molecular weight excluding hydrogens is 164 g/mol. The van der Waals surface area contributed by atoms with E-state index in [0.29, 0.717) is 18.4 Å². The lowest BCUT2D eigenvalue weighted by molar-refractivity contribution is 0.212. The Morgan fingerprint density at radius 1 is 1.31 bits per heavy atom. The van der Waals surface area contributed by atoms with E-state index >= 15 is 0 Å². The lowest BCUT2D eigenvalue weighted by Crippen LogP contribution is -2.52. The Bertz CT molecular complexity index is 139. The fraction of sp³-hybridized carbons (Fsp3) is 1.00. The molecule has 3 nitrogen and oxygen atoms in total. The van der Waals surface area contributed by atoms with Gasteiger partial charge in [-0.3, -0.25) is 0 Å². The number of hydrogen-bond donors (Lipinski definition) is 3. The number of aliphatic hydroxyl groups is 1. The van der Waals surface area contributed by atoms with Gasteiger partial charge in [-0.1, -0.05) is 20.8 Å². The van der Waals surface area contributed by atoms with Gasteiger partial charge in [0.15, 0.2) is 0 Å². The van der Waals surface area contributed by atoms with Crippen molar-refractivity contribution in [2.75, 3.05) is 13.2 Å². The average Bonchev–Trinajstić information content (AvgIpc) is 2.04. The van der Waals surface area contributed by atoms with E-state index in [0.717, 1.165) is 12.8 Å². The minimum absolute atomic E-state index is 0.236. The Balaban J connectivity index is 4.10. The van der Waals surface area contributed by atoms with Crippen molar-refractivity contribution in [3.63, 3.8) is 0 Å². The van der Waals surface area contributed by atoms with Gasteiger partial charge in [0.25, 0.3) is 0 Å². The highest BCUT2D eigenvalue weighted by atomic mass is 16.3. The smallest absolute Gasteiger partial charge is 0.0433 e. The number of rotatable bonds is 6. The summed E-state index contributed by atoms with van der Waals surface area (Å²) in [6, 6.07) is 0. The van der Waals surface area contributed by atoms with Gasteiger partial charge in [-0.15, -0.1) is 0 Å². The van der Waals surface area contributed by atoms with E-state index in [9.17, 15) is 0 Å². The number of nitrogens with two attached hydrogens (primary N) is 2. The predicted molar refractivity (Wildman–Crippen MR) is 56.3 cm³/mol. The molecule has 0 saturated carbocycles. The molecule has 80 valence electrons. The van der Waals surface area contributed by atoms with E-state index in [1.807, 2.05) is 0 Å². The van der Waals surface area contributed by atoms with Crippen LogP contribution in [0.5, 0.6) is 0 Å². The molecule has 13 heavy (non-hydrogen) atoms. The van der Waals surface area contributed by atoms with E-state index in [-0.39, 0.29) is 12.1 Å². The Kier molecular flexibility index (Phi) is 5.53. The van der Waals surface area contributed by atoms with Crippen LogP contribution < -0.4 is 11.5 Å². The van der Waals surface area contributed by atoms with Crippen LogP contribution in [0, 0.1) is 11.8 Å². The molecule has 2 atom stereocenters. The van der Waals surface area contributed by atoms with E-state index in [1.54, 1.807) is 0 Å². The summed E-state index contributed by atoms with van der Waals surface area (Å²) in [5.74, 6) is 0.833. The van der Waals surface area contributed by atoms with Crippen molar-refractivity contribution in [1.29, 1.82) is 0 Å². The van der Waals surface area contributed by atoms with Crippen molar-refractivity contribution >= 4 is 0 Å². The van der Waals surface area contributed by atoms with Crippen LogP contribution in [-0.2, 0) is 0 Å². The minimum Gasteiger partial charge on any atom is -0.396 e. The van der Waals surface area contributed by atoms with E-state index in [1.165, 1.54) is 0 Å². The first-order valence-electron chi connectivity index (χ1n) is 5.06. The zero-order valence-corrected chi connectivity index (χ0v) is 9.09. The second-order valence-electron chi connectivity index (χ2n) is 4.41. The monoisotopic (exact) mass is 188 g/mol. The average molecular weight is 188 g/mol. The highest BCUT2D eigenvalue weighted by Crippen LogP contribution is 2.23. The maximum absolute atomic E-state index is 8.77. The van der Waals surface area contributed by atoms with Crippen molar-refractivity contribution in [2.45, 2.75) is 39.2 Å². The molecule has 0 aliphatic carbocycles. The third-order valence-corrected chi connectivity index (χ3v) is 2.88. The van der Waals surface area contributed by atoms with Gasteiger partial charge in [-0.2, -0.15) is 0 Å². The lowest BCUT2D eigenvalue weighted by Gasteiger charge is -2.34. The molecule has 0 aromatic carbocycles. The summed E-state index contributed by atoms with van der Waals surface area (Å²) in [7, 11) is 0. The van der Waals surface area contributed by atoms with E-state index < -0.39 is 0 Å². The molecule has 0 saturated heterocycles. The van der Waals surface area contributed by atoms with Gasteiger partial charge in [0.1, 0.15) is 0 Å². The molecule has 0 aromatic heterocycles. The van der Waals surface area contributed by atoms with Crippen molar-refractivity contribution in [2.24, 2.45) is 23.3 Å². The summed E-state index contributed by atoms with van der Waals surface area (Å²) in [5.41, 5.74) is 11.6. The lowest BCUT2D eigenvalue weighted by atomic mass is 9.79. The largest absolute Gasteiger partial charge is 0.396 e. The zero-order chi connectivity index (χ0) is 10.5. The van der Waals surface area contributed by atoms with E-state index in [2.05, 4.69) is 20.8 Å². The standard InChI is InChI=1S/C10H24N2O/c1-8(2)10(12,7-11)6-9(3)4-5-13/h8-9,13H,4-7,11-12H2,1-3H3/t9-,10+/m0/s1. The van der Waals surface area contributed by atoms with Crippen LogP contribution in [0.3, 0.4) is 0 Å². The second kappa shape index (κ2) is 5.58. The van der Waals surface area contributed by atoms with Crippen LogP contribution in [0.25, 0.3) is 0 Å². The van der Waals surface area contributed by atoms with Gasteiger partial charge in [-0.25, -0.2) is 0 Å². The topological polar surface area (TPSA) is 72.3 Å². The molecule has 3 heteroatoms. The molecule has 0 unspecified atom stereocenters. The van der Waals surface area contributed by atoms with Gasteiger partial charge >= 0.3 is 0 Å². The molecule has 0 aromatic rings. The van der Waals surface area contributed by atoms with Gasteiger partial charge in [-0.05, 0) is 24.7 Å². The fourth-order valence-corrected chi connectivity index (χ4v) is 1.53. The van der Waals surface area contributed by atoms with Crippen molar-refractivity contribution in [1.82, 2.24) is 0 Å². The Labute approximate surface area is 81.5 Å². The van der Waals surface area contributed by atoms with Gasteiger partial charge < -0.3 is 16.6 Å². The summed E-state index contributed by atoms with van der Waals surface area (Å²) >= 11 is 0. The maximum Gasteiger partial charge on any atom is 0.0433 e. The molecule has 0 aliphatic rings. The minimum atomic E-state index is -0.269. The number of aliphatic hydroxyl groups excluding tert-OH is 1. The first-order chi connectivity index (χ1) is 5.96.